The lowest BCUT2D eigenvalue weighted by Crippen LogP contribution is -2.62. The largest absolute Gasteiger partial charge is 0.499 e. The summed E-state index contributed by atoms with van der Waals surface area (Å²) in [7, 11) is 0. The van der Waals surface area contributed by atoms with Gasteiger partial charge in [0.05, 0.1) is 24.1 Å². The van der Waals surface area contributed by atoms with Gasteiger partial charge in [-0.2, -0.15) is 0 Å². The van der Waals surface area contributed by atoms with E-state index in [9.17, 15) is 15.0 Å². The number of carbonyl (C=O) groups excluding carboxylic acids is 1. The van der Waals surface area contributed by atoms with Crippen molar-refractivity contribution in [3.05, 3.63) is 24.0 Å². The van der Waals surface area contributed by atoms with Crippen molar-refractivity contribution in [1.82, 2.24) is 0 Å². The zero-order valence-electron chi connectivity index (χ0n) is 17.0. The minimum Gasteiger partial charge on any atom is -0.499 e. The quantitative estimate of drug-likeness (QED) is 0.738. The number of carbonyl (C=O) groups is 1. The van der Waals surface area contributed by atoms with E-state index in [-0.39, 0.29) is 29.0 Å². The molecule has 3 saturated carbocycles. The fourth-order valence-electron chi connectivity index (χ4n) is 7.32. The first kappa shape index (κ1) is 19.2. The molecule has 4 rings (SSSR count). The number of allylic oxidation sites excluding steroid dienone is 2. The summed E-state index contributed by atoms with van der Waals surface area (Å²) in [4.78, 5) is 12.4. The van der Waals surface area contributed by atoms with Gasteiger partial charge in [0.1, 0.15) is 0 Å². The molecule has 0 bridgehead atoms. The second-order valence-corrected chi connectivity index (χ2v) is 9.76. The van der Waals surface area contributed by atoms with E-state index < -0.39 is 17.1 Å². The maximum Gasteiger partial charge on any atom is 0.156 e. The van der Waals surface area contributed by atoms with E-state index in [2.05, 4.69) is 20.4 Å². The van der Waals surface area contributed by atoms with E-state index in [1.165, 1.54) is 5.57 Å². The van der Waals surface area contributed by atoms with Crippen LogP contribution < -0.4 is 0 Å². The molecule has 0 aromatic heterocycles. The van der Waals surface area contributed by atoms with Gasteiger partial charge in [0.15, 0.2) is 5.78 Å². The third-order valence-electron chi connectivity index (χ3n) is 8.97. The molecular formula is C23H34O4. The van der Waals surface area contributed by atoms with Crippen LogP contribution in [0.5, 0.6) is 0 Å². The molecule has 4 heteroatoms. The monoisotopic (exact) mass is 374 g/mol. The standard InChI is InChI=1S/C23H34O4/c1-5-27-14(2)19-13-16(24)12-15-6-7-18-17(22(15,19)4)8-10-21(3)20(25)9-11-23(18,21)26/h12,17-20,25-26H,2,5-11,13H2,1,3-4H3/t17-,18-,19?,20?,21-,22+,23-/m1/s1. The fraction of sp³-hybridized carbons (Fsp3) is 0.783. The number of hydrogen-bond donors (Lipinski definition) is 2. The molecule has 0 aliphatic heterocycles. The van der Waals surface area contributed by atoms with Crippen LogP contribution in [0.25, 0.3) is 0 Å². The van der Waals surface area contributed by atoms with Crippen LogP contribution in [0, 0.1) is 28.6 Å². The Morgan fingerprint density at radius 3 is 2.70 bits per heavy atom. The van der Waals surface area contributed by atoms with E-state index in [4.69, 9.17) is 4.74 Å². The number of hydrogen-bond acceptors (Lipinski definition) is 4. The average Bonchev–Trinajstić information content (AvgIpc) is 2.86. The van der Waals surface area contributed by atoms with Crippen LogP contribution in [0.4, 0.5) is 0 Å². The molecule has 27 heavy (non-hydrogen) atoms. The van der Waals surface area contributed by atoms with Gasteiger partial charge in [0, 0.05) is 23.2 Å². The summed E-state index contributed by atoms with van der Waals surface area (Å²) in [5.41, 5.74) is -0.212. The lowest BCUT2D eigenvalue weighted by atomic mass is 9.43. The zero-order valence-corrected chi connectivity index (χ0v) is 17.0. The van der Waals surface area contributed by atoms with Crippen molar-refractivity contribution in [2.24, 2.45) is 28.6 Å². The normalized spacial score (nSPS) is 48.9. The van der Waals surface area contributed by atoms with E-state index in [1.807, 2.05) is 13.0 Å². The van der Waals surface area contributed by atoms with E-state index in [0.29, 0.717) is 31.6 Å². The van der Waals surface area contributed by atoms with Crippen LogP contribution >= 0.6 is 0 Å². The Labute approximate surface area is 162 Å². The number of fused-ring (bicyclic) bond motifs is 5. The summed E-state index contributed by atoms with van der Waals surface area (Å²) >= 11 is 0. The van der Waals surface area contributed by atoms with Gasteiger partial charge in [0.2, 0.25) is 0 Å². The number of rotatable bonds is 3. The van der Waals surface area contributed by atoms with Crippen molar-refractivity contribution in [3.8, 4) is 0 Å². The fourth-order valence-corrected chi connectivity index (χ4v) is 7.32. The molecule has 0 aromatic carbocycles. The summed E-state index contributed by atoms with van der Waals surface area (Å²) < 4.78 is 5.80. The highest BCUT2D eigenvalue weighted by Gasteiger charge is 2.67. The molecule has 2 N–H and O–H groups in total. The zero-order chi connectivity index (χ0) is 19.6. The molecule has 4 aliphatic carbocycles. The van der Waals surface area contributed by atoms with E-state index >= 15 is 0 Å². The van der Waals surface area contributed by atoms with Crippen molar-refractivity contribution in [3.63, 3.8) is 0 Å². The predicted octanol–water partition coefficient (Wildman–Crippen LogP) is 3.77. The maximum absolute atomic E-state index is 12.4. The second kappa shape index (κ2) is 6.18. The van der Waals surface area contributed by atoms with Gasteiger partial charge in [-0.15, -0.1) is 0 Å². The van der Waals surface area contributed by atoms with Crippen LogP contribution in [-0.4, -0.2) is 34.3 Å². The molecular weight excluding hydrogens is 340 g/mol. The first-order valence-electron chi connectivity index (χ1n) is 10.6. The van der Waals surface area contributed by atoms with Crippen molar-refractivity contribution in [2.45, 2.75) is 77.4 Å². The molecule has 2 unspecified atom stereocenters. The number of aliphatic hydroxyl groups excluding tert-OH is 1. The van der Waals surface area contributed by atoms with Gasteiger partial charge in [-0.3, -0.25) is 4.79 Å². The Balaban J connectivity index is 1.77. The highest BCUT2D eigenvalue weighted by Crippen LogP contribution is 2.68. The first-order chi connectivity index (χ1) is 12.7. The van der Waals surface area contributed by atoms with Crippen LogP contribution in [0.2, 0.25) is 0 Å². The highest BCUT2D eigenvalue weighted by molar-refractivity contribution is 5.92. The number of aliphatic hydroxyl groups is 2. The van der Waals surface area contributed by atoms with Crippen molar-refractivity contribution >= 4 is 5.78 Å². The van der Waals surface area contributed by atoms with Gasteiger partial charge in [-0.1, -0.05) is 26.0 Å². The van der Waals surface area contributed by atoms with Gasteiger partial charge in [-0.05, 0) is 63.4 Å². The molecule has 3 fully saturated rings. The third kappa shape index (κ3) is 2.38. The smallest absolute Gasteiger partial charge is 0.156 e. The number of ketones is 1. The van der Waals surface area contributed by atoms with Crippen molar-refractivity contribution in [1.29, 1.82) is 0 Å². The van der Waals surface area contributed by atoms with Crippen LogP contribution in [0.15, 0.2) is 24.0 Å². The third-order valence-corrected chi connectivity index (χ3v) is 8.97. The molecule has 4 nitrogen and oxygen atoms in total. The van der Waals surface area contributed by atoms with Crippen LogP contribution in [0.1, 0.15) is 65.7 Å². The van der Waals surface area contributed by atoms with Gasteiger partial charge in [-0.25, -0.2) is 0 Å². The molecule has 0 heterocycles. The summed E-state index contributed by atoms with van der Waals surface area (Å²) in [6, 6.07) is 0. The first-order valence-corrected chi connectivity index (χ1v) is 10.6. The van der Waals surface area contributed by atoms with Crippen molar-refractivity contribution < 1.29 is 19.7 Å². The molecule has 7 atom stereocenters. The Kier molecular flexibility index (Phi) is 4.40. The lowest BCUT2D eigenvalue weighted by molar-refractivity contribution is -0.197. The van der Waals surface area contributed by atoms with E-state index in [1.54, 1.807) is 0 Å². The minimum absolute atomic E-state index is 0.0305. The molecule has 0 saturated heterocycles. The van der Waals surface area contributed by atoms with Gasteiger partial charge in [0.25, 0.3) is 0 Å². The van der Waals surface area contributed by atoms with Gasteiger partial charge < -0.3 is 14.9 Å². The molecule has 4 aliphatic rings. The topological polar surface area (TPSA) is 66.8 Å². The maximum atomic E-state index is 12.4. The van der Waals surface area contributed by atoms with Gasteiger partial charge >= 0.3 is 0 Å². The minimum atomic E-state index is -0.817. The van der Waals surface area contributed by atoms with Crippen LogP contribution in [0.3, 0.4) is 0 Å². The summed E-state index contributed by atoms with van der Waals surface area (Å²) in [6.07, 6.45) is 6.79. The van der Waals surface area contributed by atoms with Crippen LogP contribution in [-0.2, 0) is 9.53 Å². The molecule has 0 radical (unpaired) electrons. The summed E-state index contributed by atoms with van der Waals surface area (Å²) in [5.74, 6) is 1.29. The lowest BCUT2D eigenvalue weighted by Gasteiger charge is -2.62. The highest BCUT2D eigenvalue weighted by atomic mass is 16.5. The Morgan fingerprint density at radius 1 is 1.26 bits per heavy atom. The Morgan fingerprint density at radius 2 is 2.00 bits per heavy atom. The Bertz CT molecular complexity index is 696. The number of ether oxygens (including phenoxy) is 1. The SMILES string of the molecule is C=C(OCC)C1CC(=O)C=C2CC[C@@H]3[C@@H](CC[C@]4(C)C(O)CC[C@@]34O)[C@]21C. The molecule has 0 spiro atoms. The summed E-state index contributed by atoms with van der Waals surface area (Å²) in [6.45, 7) is 11.0. The average molecular weight is 375 g/mol. The molecule has 0 aromatic rings. The van der Waals surface area contributed by atoms with Crippen molar-refractivity contribution in [2.75, 3.05) is 6.61 Å². The molecule has 0 amide bonds. The summed E-state index contributed by atoms with van der Waals surface area (Å²) in [5, 5.41) is 22.5. The Hall–Kier alpha value is -1.13. The molecule has 150 valence electrons. The predicted molar refractivity (Wildman–Crippen MR) is 104 cm³/mol. The second-order valence-electron chi connectivity index (χ2n) is 9.76. The van der Waals surface area contributed by atoms with E-state index in [0.717, 1.165) is 25.7 Å².